The zero-order valence-corrected chi connectivity index (χ0v) is 11.2. The molecule has 1 aromatic heterocycles. The summed E-state index contributed by atoms with van der Waals surface area (Å²) < 4.78 is 1.19. The van der Waals surface area contributed by atoms with Crippen molar-refractivity contribution in [2.45, 2.75) is 18.4 Å². The number of thiophene rings is 1. The Hall–Kier alpha value is -0.550. The maximum Gasteiger partial charge on any atom is 0.191 e. The van der Waals surface area contributed by atoms with Gasteiger partial charge in [0.15, 0.2) is 5.96 Å². The summed E-state index contributed by atoms with van der Waals surface area (Å²) in [6.07, 6.45) is 1.13. The van der Waals surface area contributed by atoms with Crippen LogP contribution >= 0.6 is 27.3 Å². The summed E-state index contributed by atoms with van der Waals surface area (Å²) in [5.41, 5.74) is 5.77. The third-order valence-electron chi connectivity index (χ3n) is 2.47. The number of hydrogen-bond donors (Lipinski definition) is 1. The lowest BCUT2D eigenvalue weighted by molar-refractivity contribution is 0.608. The van der Waals surface area contributed by atoms with Gasteiger partial charge < -0.3 is 10.6 Å². The molecule has 2 rings (SSSR count). The van der Waals surface area contributed by atoms with Gasteiger partial charge in [0.1, 0.15) is 0 Å². The Morgan fingerprint density at radius 3 is 2.87 bits per heavy atom. The Bertz CT molecular complexity index is 386. The summed E-state index contributed by atoms with van der Waals surface area (Å²) in [5, 5.41) is 0. The Morgan fingerprint density at radius 2 is 2.33 bits per heavy atom. The molecule has 15 heavy (non-hydrogen) atoms. The predicted molar refractivity (Wildman–Crippen MR) is 68.5 cm³/mol. The standard InChI is InChI=1S/C10H14BrN3S/c1-14(2)10(12)13-7-5-6(7)8-3-4-9(11)15-8/h3-4,6-7H,5H2,1-2H3,(H2,12,13)/t6-,7-/m1/s1. The van der Waals surface area contributed by atoms with Crippen molar-refractivity contribution in [2.75, 3.05) is 14.1 Å². The van der Waals surface area contributed by atoms with E-state index in [4.69, 9.17) is 5.73 Å². The Morgan fingerprint density at radius 1 is 1.60 bits per heavy atom. The molecule has 0 spiro atoms. The summed E-state index contributed by atoms with van der Waals surface area (Å²) in [6, 6.07) is 4.65. The van der Waals surface area contributed by atoms with Crippen molar-refractivity contribution in [3.05, 3.63) is 20.8 Å². The van der Waals surface area contributed by atoms with E-state index in [-0.39, 0.29) is 0 Å². The van der Waals surface area contributed by atoms with Crippen LogP contribution < -0.4 is 5.73 Å². The highest BCUT2D eigenvalue weighted by atomic mass is 79.9. The van der Waals surface area contributed by atoms with Gasteiger partial charge >= 0.3 is 0 Å². The van der Waals surface area contributed by atoms with E-state index in [1.54, 1.807) is 11.3 Å². The molecule has 0 radical (unpaired) electrons. The van der Waals surface area contributed by atoms with Gasteiger partial charge in [-0.15, -0.1) is 11.3 Å². The molecule has 5 heteroatoms. The number of rotatable bonds is 2. The van der Waals surface area contributed by atoms with Gasteiger partial charge in [-0.2, -0.15) is 0 Å². The first-order chi connectivity index (χ1) is 7.08. The summed E-state index contributed by atoms with van der Waals surface area (Å²) in [6.45, 7) is 0. The maximum absolute atomic E-state index is 5.77. The summed E-state index contributed by atoms with van der Waals surface area (Å²) in [7, 11) is 3.83. The van der Waals surface area contributed by atoms with Gasteiger partial charge in [0.25, 0.3) is 0 Å². The fourth-order valence-electron chi connectivity index (χ4n) is 1.44. The first kappa shape index (κ1) is 11.0. The van der Waals surface area contributed by atoms with Crippen LogP contribution in [0.3, 0.4) is 0 Å². The van der Waals surface area contributed by atoms with Crippen molar-refractivity contribution in [2.24, 2.45) is 10.7 Å². The molecule has 0 aromatic carbocycles. The largest absolute Gasteiger partial charge is 0.370 e. The quantitative estimate of drug-likeness (QED) is 0.670. The molecule has 1 aliphatic rings. The lowest BCUT2D eigenvalue weighted by atomic mass is 10.3. The van der Waals surface area contributed by atoms with Gasteiger partial charge in [0.05, 0.1) is 9.83 Å². The van der Waals surface area contributed by atoms with Crippen LogP contribution in [-0.2, 0) is 0 Å². The van der Waals surface area contributed by atoms with Gasteiger partial charge in [-0.25, -0.2) is 4.99 Å². The highest BCUT2D eigenvalue weighted by Gasteiger charge is 2.39. The number of hydrogen-bond acceptors (Lipinski definition) is 2. The fraction of sp³-hybridized carbons (Fsp3) is 0.500. The van der Waals surface area contributed by atoms with E-state index in [1.165, 1.54) is 8.66 Å². The maximum atomic E-state index is 5.77. The third-order valence-corrected chi connectivity index (χ3v) is 4.23. The van der Waals surface area contributed by atoms with E-state index >= 15 is 0 Å². The Kier molecular flexibility index (Phi) is 3.02. The average Bonchev–Trinajstić information content (AvgIpc) is 2.79. The van der Waals surface area contributed by atoms with Crippen LogP contribution in [0, 0.1) is 0 Å². The van der Waals surface area contributed by atoms with Crippen LogP contribution in [0.1, 0.15) is 17.2 Å². The minimum absolute atomic E-state index is 0.387. The molecule has 1 aliphatic carbocycles. The van der Waals surface area contributed by atoms with Crippen LogP contribution in [0.15, 0.2) is 20.9 Å². The zero-order chi connectivity index (χ0) is 11.0. The number of guanidine groups is 1. The Balaban J connectivity index is 1.99. The molecule has 0 saturated heterocycles. The van der Waals surface area contributed by atoms with Crippen molar-refractivity contribution < 1.29 is 0 Å². The van der Waals surface area contributed by atoms with E-state index in [0.29, 0.717) is 17.9 Å². The molecule has 0 unspecified atom stereocenters. The fourth-order valence-corrected chi connectivity index (χ4v) is 3.04. The van der Waals surface area contributed by atoms with Crippen molar-refractivity contribution in [1.82, 2.24) is 4.90 Å². The molecule has 1 aromatic rings. The number of aliphatic imine (C=N–C) groups is 1. The van der Waals surface area contributed by atoms with Crippen LogP contribution in [0.4, 0.5) is 0 Å². The molecule has 82 valence electrons. The number of halogens is 1. The lowest BCUT2D eigenvalue weighted by Crippen LogP contribution is -2.30. The molecule has 2 atom stereocenters. The molecule has 0 aliphatic heterocycles. The first-order valence-electron chi connectivity index (χ1n) is 4.83. The van der Waals surface area contributed by atoms with Crippen LogP contribution in [0.25, 0.3) is 0 Å². The van der Waals surface area contributed by atoms with Crippen LogP contribution in [0.5, 0.6) is 0 Å². The topological polar surface area (TPSA) is 41.6 Å². The smallest absolute Gasteiger partial charge is 0.191 e. The highest BCUT2D eigenvalue weighted by molar-refractivity contribution is 9.11. The summed E-state index contributed by atoms with van der Waals surface area (Å²) in [5.74, 6) is 1.21. The zero-order valence-electron chi connectivity index (χ0n) is 8.77. The van der Waals surface area contributed by atoms with E-state index in [1.807, 2.05) is 19.0 Å². The molecule has 0 amide bonds. The third kappa shape index (κ3) is 2.52. The van der Waals surface area contributed by atoms with Crippen molar-refractivity contribution in [1.29, 1.82) is 0 Å². The van der Waals surface area contributed by atoms with Crippen LogP contribution in [-0.4, -0.2) is 31.0 Å². The minimum atomic E-state index is 0.387. The predicted octanol–water partition coefficient (Wildman–Crippen LogP) is 2.24. The second kappa shape index (κ2) is 4.14. The molecular weight excluding hydrogens is 274 g/mol. The second-order valence-electron chi connectivity index (χ2n) is 3.93. The SMILES string of the molecule is CN(C)C(N)=N[C@@H]1C[C@H]1c1ccc(Br)s1. The van der Waals surface area contributed by atoms with Gasteiger partial charge in [0, 0.05) is 24.9 Å². The molecule has 1 fully saturated rings. The lowest BCUT2D eigenvalue weighted by Gasteiger charge is -2.09. The van der Waals surface area contributed by atoms with Gasteiger partial charge in [-0.05, 0) is 34.5 Å². The van der Waals surface area contributed by atoms with Crippen LogP contribution in [0.2, 0.25) is 0 Å². The van der Waals surface area contributed by atoms with Crippen molar-refractivity contribution >= 4 is 33.2 Å². The normalized spacial score (nSPS) is 25.4. The minimum Gasteiger partial charge on any atom is -0.370 e. The van der Waals surface area contributed by atoms with Gasteiger partial charge in [0.2, 0.25) is 0 Å². The second-order valence-corrected chi connectivity index (χ2v) is 6.43. The van der Waals surface area contributed by atoms with Gasteiger partial charge in [-0.1, -0.05) is 0 Å². The number of nitrogens with two attached hydrogens (primary N) is 1. The van der Waals surface area contributed by atoms with E-state index in [9.17, 15) is 0 Å². The first-order valence-corrected chi connectivity index (χ1v) is 6.44. The van der Waals surface area contributed by atoms with E-state index in [0.717, 1.165) is 6.42 Å². The monoisotopic (exact) mass is 287 g/mol. The van der Waals surface area contributed by atoms with E-state index in [2.05, 4.69) is 33.1 Å². The number of nitrogens with zero attached hydrogens (tertiary/aromatic N) is 2. The van der Waals surface area contributed by atoms with Crippen molar-refractivity contribution in [3.8, 4) is 0 Å². The molecule has 0 bridgehead atoms. The molecule has 1 saturated carbocycles. The molecule has 3 nitrogen and oxygen atoms in total. The molecule has 1 heterocycles. The van der Waals surface area contributed by atoms with Gasteiger partial charge in [-0.3, -0.25) is 0 Å². The summed E-state index contributed by atoms with van der Waals surface area (Å²) in [4.78, 5) is 7.72. The molecular formula is C10H14BrN3S. The molecule has 2 N–H and O–H groups in total. The average molecular weight is 288 g/mol. The Labute approximate surface area is 102 Å². The summed E-state index contributed by atoms with van der Waals surface area (Å²) >= 11 is 5.26. The highest BCUT2D eigenvalue weighted by Crippen LogP contribution is 2.46. The van der Waals surface area contributed by atoms with E-state index < -0.39 is 0 Å². The van der Waals surface area contributed by atoms with Crippen molar-refractivity contribution in [3.63, 3.8) is 0 Å².